The molecule has 3 heterocycles. The van der Waals surface area contributed by atoms with Gasteiger partial charge in [0.2, 0.25) is 17.7 Å². The summed E-state index contributed by atoms with van der Waals surface area (Å²) < 4.78 is 7.63. The number of hydrogen-bond acceptors (Lipinski definition) is 12. The topological polar surface area (TPSA) is 217 Å². The van der Waals surface area contributed by atoms with Gasteiger partial charge in [0.15, 0.2) is 5.82 Å². The zero-order valence-corrected chi connectivity index (χ0v) is 37.4. The van der Waals surface area contributed by atoms with Crippen molar-refractivity contribution in [3.05, 3.63) is 17.7 Å². The Morgan fingerprint density at radius 2 is 1.75 bits per heavy atom. The maximum Gasteiger partial charge on any atom is 0.245 e. The molecule has 1 saturated heterocycles. The molecule has 2 aromatic heterocycles. The number of carbonyl (C=O) groups excluding carboxylic acids is 4. The summed E-state index contributed by atoms with van der Waals surface area (Å²) in [7, 11) is 8.06. The Morgan fingerprint density at radius 3 is 2.23 bits per heavy atom. The van der Waals surface area contributed by atoms with Gasteiger partial charge in [0, 0.05) is 27.8 Å². The van der Waals surface area contributed by atoms with Crippen LogP contribution in [-0.4, -0.2) is 174 Å². The standard InChI is InChI=1S/C34H61N8O5Se.C2H4N4.CH4O/c1-11-13-27(40(9)34(46)30(22(2)3)36-33(45)31(23(4)5)39(7)8)28(47-10)19-29(43)42-16-12-14-26(42)18-24(6)32(44)35-15-17-41-20-25(21-48)37-38-41;1-2-3-5-6-4-2;1-2/h20,22-24,26-28,30-31H,11-19,21H2,1-10H3,(H,35,44)(H,36,45);1H3,(H,3,4,5,6);2H,1H3/t24?,26-,27?,28?,30?,31?;;/m0../s1. The number of H-pyrrole nitrogens is 1. The van der Waals surface area contributed by atoms with Crippen molar-refractivity contribution in [1.82, 2.24) is 61.0 Å². The number of amides is 4. The summed E-state index contributed by atoms with van der Waals surface area (Å²) in [4.78, 5) is 59.4. The number of aliphatic hydroxyl groups excluding tert-OH is 1. The molecule has 4 amide bonds. The molecule has 0 saturated carbocycles. The second kappa shape index (κ2) is 26.4. The predicted molar refractivity (Wildman–Crippen MR) is 214 cm³/mol. The first-order valence-corrected chi connectivity index (χ1v) is 20.7. The summed E-state index contributed by atoms with van der Waals surface area (Å²) in [5.41, 5.74) is 0.860. The molecular formula is C37H69N12O6Se. The largest absolute Gasteiger partial charge is 0.400 e. The Bertz CT molecular complexity index is 1420. The smallest absolute Gasteiger partial charge is 0.245 e. The maximum atomic E-state index is 14.0. The maximum absolute atomic E-state index is 14.0. The van der Waals surface area contributed by atoms with Crippen LogP contribution in [0.1, 0.15) is 91.6 Å². The van der Waals surface area contributed by atoms with Crippen molar-refractivity contribution >= 4 is 39.6 Å². The molecule has 0 bridgehead atoms. The van der Waals surface area contributed by atoms with Crippen molar-refractivity contribution in [2.75, 3.05) is 48.5 Å². The summed E-state index contributed by atoms with van der Waals surface area (Å²) in [6.45, 7) is 15.2. The van der Waals surface area contributed by atoms with Crippen LogP contribution in [-0.2, 0) is 35.8 Å². The van der Waals surface area contributed by atoms with Crippen LogP contribution >= 0.6 is 0 Å². The molecule has 1 fully saturated rings. The van der Waals surface area contributed by atoms with Crippen LogP contribution in [0.5, 0.6) is 0 Å². The number of carbonyl (C=O) groups is 4. The Hall–Kier alpha value is -3.51. The monoisotopic (exact) mass is 857 g/mol. The Morgan fingerprint density at radius 1 is 1.07 bits per heavy atom. The Balaban J connectivity index is 0.00000175. The molecule has 56 heavy (non-hydrogen) atoms. The summed E-state index contributed by atoms with van der Waals surface area (Å²) in [6.07, 6.45) is 5.19. The number of aromatic nitrogens is 7. The average Bonchev–Trinajstić information content (AvgIpc) is 3.95. The second-order valence-corrected chi connectivity index (χ2v) is 15.7. The quantitative estimate of drug-likeness (QED) is 0.137. The molecule has 1 radical (unpaired) electrons. The first-order valence-electron chi connectivity index (χ1n) is 19.5. The van der Waals surface area contributed by atoms with Crippen molar-refractivity contribution in [3.8, 4) is 0 Å². The van der Waals surface area contributed by atoms with E-state index in [2.05, 4.69) is 57.6 Å². The Kier molecular flexibility index (Phi) is 23.8. The van der Waals surface area contributed by atoms with Gasteiger partial charge in [0.25, 0.3) is 0 Å². The zero-order chi connectivity index (χ0) is 42.5. The molecule has 18 nitrogen and oxygen atoms in total. The van der Waals surface area contributed by atoms with Gasteiger partial charge in [-0.05, 0) is 45.7 Å². The summed E-state index contributed by atoms with van der Waals surface area (Å²) in [5.74, 6) is -0.104. The first-order chi connectivity index (χ1) is 26.6. The molecule has 1 aliphatic rings. The van der Waals surface area contributed by atoms with Gasteiger partial charge in [0.1, 0.15) is 6.04 Å². The molecule has 2 aromatic rings. The molecule has 6 atom stereocenters. The number of ether oxygens (including phenoxy) is 1. The summed E-state index contributed by atoms with van der Waals surface area (Å²) >= 11 is 2.91. The number of nitrogens with zero attached hydrogens (tertiary/aromatic N) is 9. The van der Waals surface area contributed by atoms with E-state index in [4.69, 9.17) is 9.84 Å². The van der Waals surface area contributed by atoms with E-state index in [1.54, 1.807) is 30.7 Å². The van der Waals surface area contributed by atoms with Gasteiger partial charge in [-0.25, -0.2) is 0 Å². The third-order valence-electron chi connectivity index (χ3n) is 9.82. The van der Waals surface area contributed by atoms with Gasteiger partial charge >= 0.3 is 114 Å². The molecule has 0 aliphatic carbocycles. The van der Waals surface area contributed by atoms with Crippen molar-refractivity contribution in [2.24, 2.45) is 17.8 Å². The second-order valence-electron chi connectivity index (χ2n) is 15.1. The molecule has 3 rings (SSSR count). The van der Waals surface area contributed by atoms with Crippen LogP contribution in [0, 0.1) is 24.7 Å². The minimum atomic E-state index is -0.712. The van der Waals surface area contributed by atoms with E-state index in [0.29, 0.717) is 43.6 Å². The van der Waals surface area contributed by atoms with Crippen molar-refractivity contribution < 1.29 is 29.0 Å². The molecule has 319 valence electrons. The average molecular weight is 857 g/mol. The van der Waals surface area contributed by atoms with Gasteiger partial charge in [-0.15, -0.1) is 10.2 Å². The predicted octanol–water partition coefficient (Wildman–Crippen LogP) is 0.956. The third-order valence-corrected chi connectivity index (χ3v) is 10.4. The number of methoxy groups -OCH3 is 1. The fourth-order valence-electron chi connectivity index (χ4n) is 6.98. The third kappa shape index (κ3) is 16.2. The van der Waals surface area contributed by atoms with Crippen LogP contribution in [0.15, 0.2) is 6.20 Å². The molecule has 1 aliphatic heterocycles. The van der Waals surface area contributed by atoms with Gasteiger partial charge in [-0.2, -0.15) is 5.21 Å². The minimum absolute atomic E-state index is 0.0338. The number of likely N-dealkylation sites (N-methyl/N-ethyl adjacent to an activating group) is 2. The molecule has 0 aromatic carbocycles. The summed E-state index contributed by atoms with van der Waals surface area (Å²) in [6, 6.07) is -1.47. The fraction of sp³-hybridized carbons (Fsp3) is 0.811. The van der Waals surface area contributed by atoms with Crippen molar-refractivity contribution in [1.29, 1.82) is 0 Å². The number of likely N-dealkylation sites (tertiary alicyclic amines) is 1. The number of rotatable bonds is 20. The number of aryl methyl sites for hydroxylation is 1. The molecule has 4 N–H and O–H groups in total. The van der Waals surface area contributed by atoms with Crippen LogP contribution in [0.4, 0.5) is 0 Å². The minimum Gasteiger partial charge on any atom is -0.400 e. The van der Waals surface area contributed by atoms with Gasteiger partial charge < -0.3 is 20.1 Å². The molecule has 5 unspecified atom stereocenters. The SMILES string of the molecule is CCCC(C(CC(=O)N1CCC[C@H]1CC(C)C(=O)NCCn1cc(C[Se])nn1)OC)N(C)C(=O)C(NC(=O)C(C(C)C)N(C)C)C(C)C.CO.Cc1nn[nH]n1. The van der Waals surface area contributed by atoms with Gasteiger partial charge in [0.05, 0.1) is 24.6 Å². The molecule has 0 spiro atoms. The van der Waals surface area contributed by atoms with Crippen LogP contribution in [0.25, 0.3) is 0 Å². The van der Waals surface area contributed by atoms with Crippen molar-refractivity contribution in [2.45, 2.75) is 129 Å². The van der Waals surface area contributed by atoms with E-state index < -0.39 is 12.1 Å². The van der Waals surface area contributed by atoms with E-state index in [1.165, 1.54) is 0 Å². The van der Waals surface area contributed by atoms with E-state index >= 15 is 0 Å². The number of hydrogen-bond donors (Lipinski definition) is 4. The number of tetrazole rings is 1. The first kappa shape index (κ1) is 50.5. The van der Waals surface area contributed by atoms with Crippen LogP contribution in [0.3, 0.4) is 0 Å². The number of aliphatic hydroxyl groups is 1. The Labute approximate surface area is 341 Å². The van der Waals surface area contributed by atoms with E-state index in [0.717, 1.165) is 32.1 Å². The summed E-state index contributed by atoms with van der Waals surface area (Å²) in [5, 5.41) is 34.5. The normalized spacial score (nSPS) is 16.6. The van der Waals surface area contributed by atoms with E-state index in [9.17, 15) is 19.2 Å². The fourth-order valence-corrected chi connectivity index (χ4v) is 7.25. The zero-order valence-electron chi connectivity index (χ0n) is 35.7. The van der Waals surface area contributed by atoms with Gasteiger partial charge in [-0.1, -0.05) is 46.3 Å². The van der Waals surface area contributed by atoms with Gasteiger partial charge in [-0.3, -0.25) is 19.3 Å². The van der Waals surface area contributed by atoms with Crippen LogP contribution < -0.4 is 10.6 Å². The number of aromatic amines is 1. The van der Waals surface area contributed by atoms with Crippen LogP contribution in [0.2, 0.25) is 0 Å². The van der Waals surface area contributed by atoms with E-state index in [-0.39, 0.29) is 65.9 Å². The number of nitrogens with one attached hydrogen (secondary N) is 3. The molecule has 19 heteroatoms. The molecular weight excluding hydrogens is 787 g/mol. The van der Waals surface area contributed by atoms with E-state index in [1.807, 2.05) is 71.6 Å². The van der Waals surface area contributed by atoms with Crippen molar-refractivity contribution in [3.63, 3.8) is 0 Å².